The number of aliphatic hydroxyl groups is 1. The molecule has 4 rings (SSSR count). The number of hydrogen-bond acceptors (Lipinski definition) is 4. The third-order valence-corrected chi connectivity index (χ3v) is 5.53. The van der Waals surface area contributed by atoms with Gasteiger partial charge in [-0.15, -0.1) is 0 Å². The number of hydrogen-bond donors (Lipinski definition) is 3. The number of amides is 1. The second-order valence-corrected chi connectivity index (χ2v) is 7.15. The van der Waals surface area contributed by atoms with E-state index in [4.69, 9.17) is 9.84 Å². The number of carbonyl (C=O) groups is 2. The summed E-state index contributed by atoms with van der Waals surface area (Å²) in [5.41, 5.74) is 4.55. The SMILES string of the molecule is O=C(N[C@H]1C[C@@H](C(=O)O)C[C@@H]1O)OCC1c2ccccc2-c2ccccc21. The van der Waals surface area contributed by atoms with Crippen LogP contribution in [0, 0.1) is 5.92 Å². The molecule has 27 heavy (non-hydrogen) atoms. The molecule has 0 radical (unpaired) electrons. The fraction of sp³-hybridized carbons (Fsp3) is 0.333. The normalized spacial score (nSPS) is 23.5. The predicted molar refractivity (Wildman–Crippen MR) is 98.4 cm³/mol. The monoisotopic (exact) mass is 367 g/mol. The number of carboxylic acid groups (broad SMARTS) is 1. The molecule has 0 bridgehead atoms. The fourth-order valence-corrected chi connectivity index (χ4v) is 4.16. The Bertz CT molecular complexity index is 835. The van der Waals surface area contributed by atoms with E-state index >= 15 is 0 Å². The Labute approximate surface area is 156 Å². The first-order chi connectivity index (χ1) is 13.0. The number of nitrogens with one attached hydrogen (secondary N) is 1. The lowest BCUT2D eigenvalue weighted by molar-refractivity contribution is -0.141. The molecule has 2 aromatic rings. The van der Waals surface area contributed by atoms with E-state index in [1.807, 2.05) is 36.4 Å². The summed E-state index contributed by atoms with van der Waals surface area (Å²) in [7, 11) is 0. The summed E-state index contributed by atoms with van der Waals surface area (Å²) in [5, 5.41) is 21.6. The Hall–Kier alpha value is -2.86. The van der Waals surface area contributed by atoms with Crippen LogP contribution in [0.3, 0.4) is 0 Å². The molecule has 2 aliphatic carbocycles. The highest BCUT2D eigenvalue weighted by atomic mass is 16.5. The molecule has 3 atom stereocenters. The van der Waals surface area contributed by atoms with Crippen molar-refractivity contribution >= 4 is 12.1 Å². The summed E-state index contributed by atoms with van der Waals surface area (Å²) in [5.74, 6) is -1.63. The first-order valence-corrected chi connectivity index (χ1v) is 9.07. The van der Waals surface area contributed by atoms with Gasteiger partial charge in [-0.25, -0.2) is 4.79 Å². The van der Waals surface area contributed by atoms with Gasteiger partial charge in [0.25, 0.3) is 0 Å². The van der Waals surface area contributed by atoms with Gasteiger partial charge < -0.3 is 20.3 Å². The van der Waals surface area contributed by atoms with Gasteiger partial charge in [0.15, 0.2) is 0 Å². The average Bonchev–Trinajstić information content (AvgIpc) is 3.19. The van der Waals surface area contributed by atoms with Crippen molar-refractivity contribution in [2.75, 3.05) is 6.61 Å². The Morgan fingerprint density at radius 3 is 2.15 bits per heavy atom. The van der Waals surface area contributed by atoms with Gasteiger partial charge in [-0.1, -0.05) is 48.5 Å². The molecule has 1 fully saturated rings. The van der Waals surface area contributed by atoms with E-state index in [1.165, 1.54) is 0 Å². The molecule has 0 aromatic heterocycles. The molecular formula is C21H21NO5. The van der Waals surface area contributed by atoms with Crippen molar-refractivity contribution in [1.29, 1.82) is 0 Å². The summed E-state index contributed by atoms with van der Waals surface area (Å²) >= 11 is 0. The highest BCUT2D eigenvalue weighted by Gasteiger charge is 2.38. The van der Waals surface area contributed by atoms with Crippen molar-refractivity contribution in [1.82, 2.24) is 5.32 Å². The summed E-state index contributed by atoms with van der Waals surface area (Å²) in [6, 6.07) is 15.5. The number of rotatable bonds is 4. The highest BCUT2D eigenvalue weighted by Crippen LogP contribution is 2.44. The zero-order valence-corrected chi connectivity index (χ0v) is 14.7. The van der Waals surface area contributed by atoms with E-state index in [0.717, 1.165) is 22.3 Å². The number of alkyl carbamates (subject to hydrolysis) is 1. The van der Waals surface area contributed by atoms with Gasteiger partial charge in [0.2, 0.25) is 0 Å². The lowest BCUT2D eigenvalue weighted by Gasteiger charge is -2.18. The quantitative estimate of drug-likeness (QED) is 0.772. The Balaban J connectivity index is 1.42. The van der Waals surface area contributed by atoms with Crippen molar-refractivity contribution < 1.29 is 24.5 Å². The van der Waals surface area contributed by atoms with E-state index in [9.17, 15) is 14.7 Å². The van der Waals surface area contributed by atoms with Crippen LogP contribution in [0.4, 0.5) is 4.79 Å². The maximum atomic E-state index is 12.2. The minimum Gasteiger partial charge on any atom is -0.481 e. The van der Waals surface area contributed by atoms with Gasteiger partial charge in [0.05, 0.1) is 18.1 Å². The lowest BCUT2D eigenvalue weighted by Crippen LogP contribution is -2.40. The first kappa shape index (κ1) is 17.5. The van der Waals surface area contributed by atoms with Gasteiger partial charge in [-0.05, 0) is 35.1 Å². The Morgan fingerprint density at radius 1 is 1.00 bits per heavy atom. The van der Waals surface area contributed by atoms with Crippen molar-refractivity contribution in [2.45, 2.75) is 30.9 Å². The largest absolute Gasteiger partial charge is 0.481 e. The second kappa shape index (κ2) is 7.04. The number of fused-ring (bicyclic) bond motifs is 3. The van der Waals surface area contributed by atoms with Gasteiger partial charge in [-0.3, -0.25) is 4.79 Å². The van der Waals surface area contributed by atoms with Gasteiger partial charge in [0, 0.05) is 5.92 Å². The van der Waals surface area contributed by atoms with Crippen LogP contribution < -0.4 is 5.32 Å². The highest BCUT2D eigenvalue weighted by molar-refractivity contribution is 5.79. The molecule has 2 aliphatic rings. The van der Waals surface area contributed by atoms with Crippen LogP contribution in [0.2, 0.25) is 0 Å². The summed E-state index contributed by atoms with van der Waals surface area (Å²) in [6.45, 7) is 0.186. The minimum atomic E-state index is -0.953. The third kappa shape index (κ3) is 3.28. The molecular weight excluding hydrogens is 346 g/mol. The third-order valence-electron chi connectivity index (χ3n) is 5.53. The summed E-state index contributed by atoms with van der Waals surface area (Å²) in [6.07, 6.45) is -1.15. The van der Waals surface area contributed by atoms with Gasteiger partial charge >= 0.3 is 12.1 Å². The molecule has 3 N–H and O–H groups in total. The number of benzene rings is 2. The molecule has 0 aliphatic heterocycles. The number of aliphatic carboxylic acids is 1. The molecule has 0 saturated heterocycles. The van der Waals surface area contributed by atoms with Crippen LogP contribution in [0.1, 0.15) is 29.9 Å². The van der Waals surface area contributed by atoms with Gasteiger partial charge in [-0.2, -0.15) is 0 Å². The minimum absolute atomic E-state index is 0.0385. The molecule has 1 amide bonds. The lowest BCUT2D eigenvalue weighted by atomic mass is 9.98. The van der Waals surface area contributed by atoms with Crippen LogP contribution in [0.5, 0.6) is 0 Å². The van der Waals surface area contributed by atoms with Crippen LogP contribution in [-0.4, -0.2) is 41.0 Å². The van der Waals surface area contributed by atoms with E-state index in [0.29, 0.717) is 0 Å². The van der Waals surface area contributed by atoms with Crippen LogP contribution >= 0.6 is 0 Å². The van der Waals surface area contributed by atoms with Gasteiger partial charge in [0.1, 0.15) is 6.61 Å². The molecule has 2 aromatic carbocycles. The van der Waals surface area contributed by atoms with E-state index in [2.05, 4.69) is 17.4 Å². The van der Waals surface area contributed by atoms with Crippen LogP contribution in [0.25, 0.3) is 11.1 Å². The summed E-state index contributed by atoms with van der Waals surface area (Å²) in [4.78, 5) is 23.3. The summed E-state index contributed by atoms with van der Waals surface area (Å²) < 4.78 is 5.44. The molecule has 0 spiro atoms. The van der Waals surface area contributed by atoms with Crippen molar-refractivity contribution in [3.05, 3.63) is 59.7 Å². The molecule has 6 heteroatoms. The van der Waals surface area contributed by atoms with Crippen LogP contribution in [-0.2, 0) is 9.53 Å². The number of carboxylic acids is 1. The molecule has 0 heterocycles. The van der Waals surface area contributed by atoms with Crippen LogP contribution in [0.15, 0.2) is 48.5 Å². The topological polar surface area (TPSA) is 95.9 Å². The molecule has 6 nitrogen and oxygen atoms in total. The van der Waals surface area contributed by atoms with E-state index in [1.54, 1.807) is 0 Å². The maximum Gasteiger partial charge on any atom is 0.407 e. The smallest absolute Gasteiger partial charge is 0.407 e. The molecule has 1 saturated carbocycles. The zero-order valence-electron chi connectivity index (χ0n) is 14.7. The Morgan fingerprint density at radius 2 is 1.59 bits per heavy atom. The Kier molecular flexibility index (Phi) is 4.58. The molecule has 140 valence electrons. The first-order valence-electron chi connectivity index (χ1n) is 9.07. The predicted octanol–water partition coefficient (Wildman–Crippen LogP) is 2.75. The number of aliphatic hydroxyl groups excluding tert-OH is 1. The van der Waals surface area contributed by atoms with E-state index < -0.39 is 30.1 Å². The number of ether oxygens (including phenoxy) is 1. The number of carbonyl (C=O) groups excluding carboxylic acids is 1. The average molecular weight is 367 g/mol. The standard InChI is InChI=1S/C21H21NO5/c23-19-10-12(20(24)25)9-18(19)22-21(26)27-11-17-15-7-3-1-5-13(15)14-6-2-4-8-16(14)17/h1-8,12,17-19,23H,9-11H2,(H,22,26)(H,24,25)/t12-,18+,19+/m1/s1. The molecule has 0 unspecified atom stereocenters. The van der Waals surface area contributed by atoms with Crippen molar-refractivity contribution in [3.8, 4) is 11.1 Å². The zero-order chi connectivity index (χ0) is 19.0. The second-order valence-electron chi connectivity index (χ2n) is 7.15. The van der Waals surface area contributed by atoms with Crippen molar-refractivity contribution in [3.63, 3.8) is 0 Å². The van der Waals surface area contributed by atoms with Crippen molar-refractivity contribution in [2.24, 2.45) is 5.92 Å². The maximum absolute atomic E-state index is 12.2. The van der Waals surface area contributed by atoms with E-state index in [-0.39, 0.29) is 25.4 Å². The fourth-order valence-electron chi connectivity index (χ4n) is 4.16.